The maximum absolute atomic E-state index is 8.93. The molecule has 0 unspecified atom stereocenters. The van der Waals surface area contributed by atoms with Crippen LogP contribution in [0, 0.1) is 18.3 Å². The number of oxime groups is 1. The van der Waals surface area contributed by atoms with Crippen LogP contribution >= 0.6 is 0 Å². The first-order valence-electron chi connectivity index (χ1n) is 5.99. The van der Waals surface area contributed by atoms with Gasteiger partial charge in [-0.25, -0.2) is 0 Å². The molecule has 0 aromatic heterocycles. The fraction of sp³-hybridized carbons (Fsp3) is 0.125. The smallest absolute Gasteiger partial charge is 0.142 e. The lowest BCUT2D eigenvalue weighted by molar-refractivity contribution is 0.132. The number of nitrogens with zero attached hydrogens (tertiary/aromatic N) is 2. The molecule has 0 spiro atoms. The van der Waals surface area contributed by atoms with E-state index in [9.17, 15) is 0 Å². The number of benzene rings is 2. The average Bonchev–Trinajstić information content (AvgIpc) is 2.44. The molecule has 19 heavy (non-hydrogen) atoms. The highest BCUT2D eigenvalue weighted by atomic mass is 16.6. The Morgan fingerprint density at radius 3 is 2.84 bits per heavy atom. The predicted octanol–water partition coefficient (Wildman–Crippen LogP) is 3.42. The molecule has 0 aliphatic heterocycles. The third-order valence-electron chi connectivity index (χ3n) is 2.66. The van der Waals surface area contributed by atoms with Crippen molar-refractivity contribution in [3.05, 3.63) is 70.8 Å². The monoisotopic (exact) mass is 250 g/mol. The number of nitriles is 1. The molecule has 3 heteroatoms. The summed E-state index contributed by atoms with van der Waals surface area (Å²) in [7, 11) is 0. The average molecular weight is 250 g/mol. The van der Waals surface area contributed by atoms with Gasteiger partial charge in [0.05, 0.1) is 17.8 Å². The SMILES string of the molecule is Cc1cccc(CON=Cc2ccccc2C#N)c1. The van der Waals surface area contributed by atoms with Gasteiger partial charge in [0.25, 0.3) is 0 Å². The second-order valence-corrected chi connectivity index (χ2v) is 4.20. The van der Waals surface area contributed by atoms with Crippen LogP contribution in [-0.2, 0) is 11.4 Å². The summed E-state index contributed by atoms with van der Waals surface area (Å²) in [5, 5.41) is 12.8. The summed E-state index contributed by atoms with van der Waals surface area (Å²) in [6, 6.07) is 17.5. The van der Waals surface area contributed by atoms with Crippen LogP contribution in [0.15, 0.2) is 53.7 Å². The number of aryl methyl sites for hydroxylation is 1. The van der Waals surface area contributed by atoms with Crippen LogP contribution in [0.2, 0.25) is 0 Å². The summed E-state index contributed by atoms with van der Waals surface area (Å²) < 4.78 is 0. The van der Waals surface area contributed by atoms with Crippen LogP contribution in [0.25, 0.3) is 0 Å². The highest BCUT2D eigenvalue weighted by molar-refractivity contribution is 5.82. The van der Waals surface area contributed by atoms with Gasteiger partial charge in [-0.15, -0.1) is 0 Å². The van der Waals surface area contributed by atoms with Gasteiger partial charge in [-0.05, 0) is 18.6 Å². The molecule has 2 aromatic carbocycles. The van der Waals surface area contributed by atoms with E-state index in [2.05, 4.69) is 17.3 Å². The minimum atomic E-state index is 0.424. The summed E-state index contributed by atoms with van der Waals surface area (Å²) in [6.07, 6.45) is 1.56. The zero-order chi connectivity index (χ0) is 13.5. The van der Waals surface area contributed by atoms with Crippen LogP contribution in [0.4, 0.5) is 0 Å². The Labute approximate surface area is 112 Å². The molecule has 0 saturated carbocycles. The molecule has 0 N–H and O–H groups in total. The van der Waals surface area contributed by atoms with Crippen molar-refractivity contribution in [2.75, 3.05) is 0 Å². The van der Waals surface area contributed by atoms with Gasteiger partial charge in [-0.3, -0.25) is 0 Å². The molecule has 0 aliphatic carbocycles. The zero-order valence-corrected chi connectivity index (χ0v) is 10.7. The maximum Gasteiger partial charge on any atom is 0.142 e. The fourth-order valence-corrected chi connectivity index (χ4v) is 1.72. The first kappa shape index (κ1) is 12.8. The number of hydrogen-bond acceptors (Lipinski definition) is 3. The molecule has 0 bridgehead atoms. The van der Waals surface area contributed by atoms with E-state index in [0.29, 0.717) is 12.2 Å². The van der Waals surface area contributed by atoms with Crippen molar-refractivity contribution in [2.24, 2.45) is 5.16 Å². The highest BCUT2D eigenvalue weighted by Gasteiger charge is 1.97. The summed E-state index contributed by atoms with van der Waals surface area (Å²) in [5.74, 6) is 0. The third-order valence-corrected chi connectivity index (χ3v) is 2.66. The van der Waals surface area contributed by atoms with Crippen molar-refractivity contribution in [3.8, 4) is 6.07 Å². The standard InChI is InChI=1S/C16H14N2O/c1-13-5-4-6-14(9-13)12-19-18-11-16-8-3-2-7-15(16)10-17/h2-9,11H,12H2,1H3. The van der Waals surface area contributed by atoms with E-state index in [4.69, 9.17) is 10.1 Å². The molecule has 0 amide bonds. The lowest BCUT2D eigenvalue weighted by atomic mass is 10.1. The minimum absolute atomic E-state index is 0.424. The minimum Gasteiger partial charge on any atom is -0.391 e. The third kappa shape index (κ3) is 3.68. The quantitative estimate of drug-likeness (QED) is 0.616. The normalized spacial score (nSPS) is 10.3. The van der Waals surface area contributed by atoms with Gasteiger partial charge in [0, 0.05) is 5.56 Å². The van der Waals surface area contributed by atoms with E-state index in [1.54, 1.807) is 12.3 Å². The van der Waals surface area contributed by atoms with Gasteiger partial charge >= 0.3 is 0 Å². The predicted molar refractivity (Wildman–Crippen MR) is 74.7 cm³/mol. The van der Waals surface area contributed by atoms with E-state index in [1.807, 2.05) is 43.3 Å². The van der Waals surface area contributed by atoms with Crippen molar-refractivity contribution in [2.45, 2.75) is 13.5 Å². The molecule has 0 saturated heterocycles. The molecular formula is C16H14N2O. The van der Waals surface area contributed by atoms with Gasteiger partial charge in [0.1, 0.15) is 6.61 Å². The van der Waals surface area contributed by atoms with Crippen LogP contribution in [-0.4, -0.2) is 6.21 Å². The van der Waals surface area contributed by atoms with Crippen molar-refractivity contribution in [3.63, 3.8) is 0 Å². The first-order chi connectivity index (χ1) is 9.29. The number of rotatable bonds is 4. The Bertz CT molecular complexity index is 627. The fourth-order valence-electron chi connectivity index (χ4n) is 1.72. The molecular weight excluding hydrogens is 236 g/mol. The molecule has 3 nitrogen and oxygen atoms in total. The Morgan fingerprint density at radius 2 is 2.05 bits per heavy atom. The molecule has 0 aliphatic rings. The van der Waals surface area contributed by atoms with E-state index in [-0.39, 0.29) is 0 Å². The topological polar surface area (TPSA) is 45.4 Å². The summed E-state index contributed by atoms with van der Waals surface area (Å²) >= 11 is 0. The zero-order valence-electron chi connectivity index (χ0n) is 10.7. The molecule has 0 heterocycles. The molecule has 94 valence electrons. The Kier molecular flexibility index (Phi) is 4.30. The molecule has 0 radical (unpaired) electrons. The summed E-state index contributed by atoms with van der Waals surface area (Å²) in [6.45, 7) is 2.46. The Morgan fingerprint density at radius 1 is 1.21 bits per heavy atom. The summed E-state index contributed by atoms with van der Waals surface area (Å²) in [5.41, 5.74) is 3.62. The van der Waals surface area contributed by atoms with Gasteiger partial charge in [-0.2, -0.15) is 5.26 Å². The van der Waals surface area contributed by atoms with Crippen molar-refractivity contribution in [1.82, 2.24) is 0 Å². The lowest BCUT2D eigenvalue weighted by Crippen LogP contribution is -1.91. The van der Waals surface area contributed by atoms with Crippen molar-refractivity contribution >= 4 is 6.21 Å². The molecule has 2 rings (SSSR count). The molecule has 0 atom stereocenters. The maximum atomic E-state index is 8.93. The van der Waals surface area contributed by atoms with Gasteiger partial charge < -0.3 is 4.84 Å². The largest absolute Gasteiger partial charge is 0.391 e. The van der Waals surface area contributed by atoms with Crippen LogP contribution in [0.5, 0.6) is 0 Å². The van der Waals surface area contributed by atoms with Crippen molar-refractivity contribution in [1.29, 1.82) is 5.26 Å². The summed E-state index contributed by atoms with van der Waals surface area (Å²) in [4.78, 5) is 5.24. The molecule has 0 fully saturated rings. The Hall–Kier alpha value is -2.60. The van der Waals surface area contributed by atoms with Gasteiger partial charge in [0.15, 0.2) is 0 Å². The van der Waals surface area contributed by atoms with Crippen LogP contribution in [0.1, 0.15) is 22.3 Å². The number of hydrogen-bond donors (Lipinski definition) is 0. The highest BCUT2D eigenvalue weighted by Crippen LogP contribution is 2.07. The second kappa shape index (κ2) is 6.36. The van der Waals surface area contributed by atoms with E-state index in [1.165, 1.54) is 5.56 Å². The van der Waals surface area contributed by atoms with E-state index in [0.717, 1.165) is 11.1 Å². The van der Waals surface area contributed by atoms with Crippen molar-refractivity contribution < 1.29 is 4.84 Å². The Balaban J connectivity index is 1.96. The molecule has 2 aromatic rings. The second-order valence-electron chi connectivity index (χ2n) is 4.20. The lowest BCUT2D eigenvalue weighted by Gasteiger charge is -2.01. The first-order valence-corrected chi connectivity index (χ1v) is 5.99. The van der Waals surface area contributed by atoms with Crippen LogP contribution in [0.3, 0.4) is 0 Å². The van der Waals surface area contributed by atoms with E-state index < -0.39 is 0 Å². The van der Waals surface area contributed by atoms with Gasteiger partial charge in [0.2, 0.25) is 0 Å². The van der Waals surface area contributed by atoms with Crippen LogP contribution < -0.4 is 0 Å². The van der Waals surface area contributed by atoms with E-state index >= 15 is 0 Å². The van der Waals surface area contributed by atoms with Gasteiger partial charge in [-0.1, -0.05) is 53.2 Å².